The SMILES string of the molecule is COc1ccc(OC)c2c(C)[o+]c(C)cc12.[Br-]. The Bertz CT molecular complexity index is 538. The van der Waals surface area contributed by atoms with Gasteiger partial charge in [-0.3, -0.25) is 0 Å². The molecule has 3 nitrogen and oxygen atoms in total. The lowest BCUT2D eigenvalue weighted by Crippen LogP contribution is -3.00. The molecule has 0 bridgehead atoms. The number of halogens is 1. The van der Waals surface area contributed by atoms with Gasteiger partial charge >= 0.3 is 11.5 Å². The lowest BCUT2D eigenvalue weighted by molar-refractivity contribution is -0.00000469. The first-order chi connectivity index (χ1) is 7.67. The number of methoxy groups -OCH3 is 2. The third-order valence-corrected chi connectivity index (χ3v) is 2.62. The molecule has 17 heavy (non-hydrogen) atoms. The van der Waals surface area contributed by atoms with E-state index in [0.717, 1.165) is 33.8 Å². The highest BCUT2D eigenvalue weighted by molar-refractivity contribution is 5.94. The predicted octanol–water partition coefficient (Wildman–Crippen LogP) is 0.352. The number of aryl methyl sites for hydroxylation is 2. The maximum atomic E-state index is 5.60. The van der Waals surface area contributed by atoms with Crippen molar-refractivity contribution >= 4 is 10.8 Å². The molecule has 0 aliphatic heterocycles. The number of hydrogen-bond donors (Lipinski definition) is 0. The second-order valence-electron chi connectivity index (χ2n) is 3.67. The zero-order valence-corrected chi connectivity index (χ0v) is 11.9. The summed E-state index contributed by atoms with van der Waals surface area (Å²) in [7, 11) is 3.32. The van der Waals surface area contributed by atoms with Gasteiger partial charge in [0.15, 0.2) is 0 Å². The fraction of sp³-hybridized carbons (Fsp3) is 0.308. The standard InChI is InChI=1S/C13H15O3.BrH/c1-8-7-10-11(14-3)5-6-12(15-4)13(10)9(2)16-8;/h5-7H,1-4H3;1H/q+1;/p-1. The molecule has 0 saturated carbocycles. The van der Waals surface area contributed by atoms with Crippen molar-refractivity contribution in [3.63, 3.8) is 0 Å². The van der Waals surface area contributed by atoms with E-state index in [1.165, 1.54) is 0 Å². The van der Waals surface area contributed by atoms with Gasteiger partial charge in [0.25, 0.3) is 0 Å². The second kappa shape index (κ2) is 5.36. The molecule has 1 aromatic carbocycles. The Hall–Kier alpha value is -1.29. The summed E-state index contributed by atoms with van der Waals surface area (Å²) in [5.74, 6) is 3.33. The Morgan fingerprint density at radius 1 is 1.00 bits per heavy atom. The van der Waals surface area contributed by atoms with Crippen molar-refractivity contribution in [2.75, 3.05) is 14.2 Å². The van der Waals surface area contributed by atoms with Gasteiger partial charge in [-0.25, -0.2) is 4.42 Å². The van der Waals surface area contributed by atoms with Gasteiger partial charge in [-0.05, 0) is 12.1 Å². The second-order valence-corrected chi connectivity index (χ2v) is 3.67. The molecule has 0 radical (unpaired) electrons. The summed E-state index contributed by atoms with van der Waals surface area (Å²) < 4.78 is 16.3. The van der Waals surface area contributed by atoms with E-state index in [9.17, 15) is 0 Å². The monoisotopic (exact) mass is 298 g/mol. The van der Waals surface area contributed by atoms with Crippen molar-refractivity contribution in [1.82, 2.24) is 0 Å². The van der Waals surface area contributed by atoms with E-state index in [2.05, 4.69) is 0 Å². The molecule has 1 heterocycles. The van der Waals surface area contributed by atoms with Crippen LogP contribution in [0.1, 0.15) is 11.5 Å². The number of rotatable bonds is 2. The van der Waals surface area contributed by atoms with E-state index in [4.69, 9.17) is 13.9 Å². The molecular weight excluding hydrogens is 284 g/mol. The molecule has 0 N–H and O–H groups in total. The number of hydrogen-bond acceptors (Lipinski definition) is 2. The molecule has 2 rings (SSSR count). The first-order valence-electron chi connectivity index (χ1n) is 5.12. The van der Waals surface area contributed by atoms with Crippen LogP contribution in [0.4, 0.5) is 0 Å². The highest BCUT2D eigenvalue weighted by Gasteiger charge is 2.18. The van der Waals surface area contributed by atoms with Crippen LogP contribution in [0.3, 0.4) is 0 Å². The van der Waals surface area contributed by atoms with Crippen LogP contribution in [-0.4, -0.2) is 14.2 Å². The van der Waals surface area contributed by atoms with Gasteiger partial charge < -0.3 is 26.5 Å². The molecule has 0 saturated heterocycles. The maximum Gasteiger partial charge on any atom is 0.338 e. The normalized spacial score (nSPS) is 9.88. The molecule has 1 aromatic heterocycles. The maximum absolute atomic E-state index is 5.60. The smallest absolute Gasteiger partial charge is 0.338 e. The minimum absolute atomic E-state index is 0. The Morgan fingerprint density at radius 2 is 1.59 bits per heavy atom. The van der Waals surface area contributed by atoms with Crippen LogP contribution in [0, 0.1) is 13.8 Å². The Kier molecular flexibility index (Phi) is 4.34. The third-order valence-electron chi connectivity index (χ3n) is 2.62. The van der Waals surface area contributed by atoms with Crippen LogP contribution >= 0.6 is 0 Å². The summed E-state index contributed by atoms with van der Waals surface area (Å²) in [4.78, 5) is 0. The largest absolute Gasteiger partial charge is 1.00 e. The van der Waals surface area contributed by atoms with Gasteiger partial charge in [-0.1, -0.05) is 0 Å². The molecule has 0 amide bonds. The van der Waals surface area contributed by atoms with Crippen LogP contribution in [0.25, 0.3) is 10.8 Å². The van der Waals surface area contributed by atoms with E-state index >= 15 is 0 Å². The molecule has 0 atom stereocenters. The summed E-state index contributed by atoms with van der Waals surface area (Å²) >= 11 is 0. The van der Waals surface area contributed by atoms with Gasteiger partial charge in [-0.2, -0.15) is 0 Å². The van der Waals surface area contributed by atoms with Gasteiger partial charge in [0, 0.05) is 11.5 Å². The molecular formula is C13H15BrO3. The van der Waals surface area contributed by atoms with E-state index < -0.39 is 0 Å². The molecule has 0 aliphatic rings. The lowest BCUT2D eigenvalue weighted by atomic mass is 10.1. The fourth-order valence-electron chi connectivity index (χ4n) is 1.96. The van der Waals surface area contributed by atoms with Gasteiger partial charge in [0.05, 0.1) is 28.1 Å². The molecule has 0 aliphatic carbocycles. The number of ether oxygens (including phenoxy) is 2. The summed E-state index contributed by atoms with van der Waals surface area (Å²) in [5, 5.41) is 1.98. The van der Waals surface area contributed by atoms with Crippen LogP contribution < -0.4 is 26.5 Å². The first kappa shape index (κ1) is 13.8. The summed E-state index contributed by atoms with van der Waals surface area (Å²) in [6.45, 7) is 3.85. The average molecular weight is 299 g/mol. The van der Waals surface area contributed by atoms with Gasteiger partial charge in [0.2, 0.25) is 0 Å². The van der Waals surface area contributed by atoms with Gasteiger partial charge in [-0.15, -0.1) is 0 Å². The van der Waals surface area contributed by atoms with E-state index in [-0.39, 0.29) is 17.0 Å². The summed E-state index contributed by atoms with van der Waals surface area (Å²) in [5.41, 5.74) is 0. The Morgan fingerprint density at radius 3 is 2.18 bits per heavy atom. The Balaban J connectivity index is 0.00000144. The highest BCUT2D eigenvalue weighted by atomic mass is 79.9. The topological polar surface area (TPSA) is 29.8 Å². The number of fused-ring (bicyclic) bond motifs is 1. The van der Waals surface area contributed by atoms with Crippen molar-refractivity contribution in [3.8, 4) is 11.5 Å². The predicted molar refractivity (Wildman–Crippen MR) is 63.2 cm³/mol. The molecule has 2 aromatic rings. The summed E-state index contributed by atoms with van der Waals surface area (Å²) in [6, 6.07) is 5.75. The zero-order chi connectivity index (χ0) is 11.7. The third kappa shape index (κ3) is 2.36. The van der Waals surface area contributed by atoms with Crippen LogP contribution in [0.15, 0.2) is 22.6 Å². The minimum atomic E-state index is 0. The molecule has 0 spiro atoms. The van der Waals surface area contributed by atoms with Crippen LogP contribution in [-0.2, 0) is 0 Å². The molecule has 0 unspecified atom stereocenters. The zero-order valence-electron chi connectivity index (χ0n) is 10.3. The van der Waals surface area contributed by atoms with Crippen molar-refractivity contribution in [1.29, 1.82) is 0 Å². The van der Waals surface area contributed by atoms with Crippen molar-refractivity contribution in [3.05, 3.63) is 29.7 Å². The Labute approximate surface area is 111 Å². The molecule has 4 heteroatoms. The number of benzene rings is 1. The van der Waals surface area contributed by atoms with Crippen molar-refractivity contribution < 1.29 is 30.9 Å². The first-order valence-corrected chi connectivity index (χ1v) is 5.12. The van der Waals surface area contributed by atoms with Crippen LogP contribution in [0.5, 0.6) is 11.5 Å². The average Bonchev–Trinajstić information content (AvgIpc) is 2.27. The molecule has 92 valence electrons. The van der Waals surface area contributed by atoms with Crippen molar-refractivity contribution in [2.24, 2.45) is 0 Å². The van der Waals surface area contributed by atoms with E-state index in [1.54, 1.807) is 14.2 Å². The van der Waals surface area contributed by atoms with E-state index in [1.807, 2.05) is 32.0 Å². The molecule has 0 fully saturated rings. The summed E-state index contributed by atoms with van der Waals surface area (Å²) in [6.07, 6.45) is 0. The minimum Gasteiger partial charge on any atom is -1.00 e. The van der Waals surface area contributed by atoms with Gasteiger partial charge in [0.1, 0.15) is 16.9 Å². The lowest BCUT2D eigenvalue weighted by Gasteiger charge is -2.07. The van der Waals surface area contributed by atoms with Crippen LogP contribution in [0.2, 0.25) is 0 Å². The highest BCUT2D eigenvalue weighted by Crippen LogP contribution is 2.35. The van der Waals surface area contributed by atoms with Crippen molar-refractivity contribution in [2.45, 2.75) is 13.8 Å². The quantitative estimate of drug-likeness (QED) is 0.750. The van der Waals surface area contributed by atoms with E-state index in [0.29, 0.717) is 0 Å². The fourth-order valence-corrected chi connectivity index (χ4v) is 1.96.